The second-order valence-corrected chi connectivity index (χ2v) is 7.09. The molecule has 26 heavy (non-hydrogen) atoms. The van der Waals surface area contributed by atoms with Crippen LogP contribution in [-0.4, -0.2) is 22.1 Å². The predicted octanol–water partition coefficient (Wildman–Crippen LogP) is 3.32. The molecule has 1 atom stereocenters. The van der Waals surface area contributed by atoms with E-state index in [2.05, 4.69) is 16.4 Å². The Morgan fingerprint density at radius 1 is 1.08 bits per heavy atom. The summed E-state index contributed by atoms with van der Waals surface area (Å²) in [7, 11) is 0. The van der Waals surface area contributed by atoms with Crippen molar-refractivity contribution in [1.82, 2.24) is 14.9 Å². The van der Waals surface area contributed by atoms with Gasteiger partial charge in [0.25, 0.3) is 5.56 Å². The third-order valence-corrected chi connectivity index (χ3v) is 5.37. The number of hydrogen-bond acceptors (Lipinski definition) is 3. The van der Waals surface area contributed by atoms with Crippen LogP contribution in [0, 0.1) is 0 Å². The van der Waals surface area contributed by atoms with Gasteiger partial charge in [-0.1, -0.05) is 24.3 Å². The summed E-state index contributed by atoms with van der Waals surface area (Å²) < 4.78 is 1.83. The molecule has 2 heterocycles. The van der Waals surface area contributed by atoms with E-state index in [4.69, 9.17) is 0 Å². The number of rotatable bonds is 5. The standard InChI is InChI=1S/C22H25N3O/c26-22-20-7-2-1-5-17(20)12-16-25(22)15-4-14-23-19-9-8-18-6-3-13-24-21(18)11-10-19/h1-3,5-7,12-13,16,19,23H,4,8-11,14-15H2. The fourth-order valence-electron chi connectivity index (χ4n) is 3.87. The molecule has 0 saturated heterocycles. The summed E-state index contributed by atoms with van der Waals surface area (Å²) in [4.78, 5) is 17.0. The van der Waals surface area contributed by atoms with Gasteiger partial charge in [0.1, 0.15) is 0 Å². The van der Waals surface area contributed by atoms with Crippen molar-refractivity contribution < 1.29 is 0 Å². The highest BCUT2D eigenvalue weighted by Gasteiger charge is 2.16. The molecule has 4 heteroatoms. The lowest BCUT2D eigenvalue weighted by Crippen LogP contribution is -2.31. The minimum atomic E-state index is 0.110. The fraction of sp³-hybridized carbons (Fsp3) is 0.364. The van der Waals surface area contributed by atoms with Gasteiger partial charge in [-0.25, -0.2) is 0 Å². The molecule has 0 saturated carbocycles. The molecule has 0 radical (unpaired) electrons. The first-order chi connectivity index (χ1) is 12.8. The van der Waals surface area contributed by atoms with Crippen molar-refractivity contribution in [3.63, 3.8) is 0 Å². The van der Waals surface area contributed by atoms with Gasteiger partial charge in [0.05, 0.1) is 0 Å². The van der Waals surface area contributed by atoms with Crippen LogP contribution in [0.25, 0.3) is 10.8 Å². The number of benzene rings is 1. The minimum Gasteiger partial charge on any atom is -0.315 e. The van der Waals surface area contributed by atoms with Gasteiger partial charge in [0.2, 0.25) is 0 Å². The number of nitrogens with one attached hydrogen (secondary N) is 1. The highest BCUT2D eigenvalue weighted by Crippen LogP contribution is 2.18. The molecule has 2 aromatic heterocycles. The zero-order valence-electron chi connectivity index (χ0n) is 15.0. The molecule has 1 aliphatic rings. The van der Waals surface area contributed by atoms with Crippen molar-refractivity contribution in [2.75, 3.05) is 6.54 Å². The van der Waals surface area contributed by atoms with Crippen molar-refractivity contribution in [1.29, 1.82) is 0 Å². The van der Waals surface area contributed by atoms with Gasteiger partial charge in [-0.2, -0.15) is 0 Å². The first-order valence-corrected chi connectivity index (χ1v) is 9.55. The number of nitrogens with zero attached hydrogens (tertiary/aromatic N) is 2. The SMILES string of the molecule is O=c1c2ccccc2ccn1CCCNC1CCc2cccnc2CC1. The van der Waals surface area contributed by atoms with Crippen LogP contribution >= 0.6 is 0 Å². The maximum atomic E-state index is 12.5. The number of pyridine rings is 2. The van der Waals surface area contributed by atoms with Crippen molar-refractivity contribution >= 4 is 10.8 Å². The van der Waals surface area contributed by atoms with E-state index in [0.29, 0.717) is 6.04 Å². The van der Waals surface area contributed by atoms with Crippen molar-refractivity contribution in [3.8, 4) is 0 Å². The van der Waals surface area contributed by atoms with Gasteiger partial charge in [0.15, 0.2) is 0 Å². The molecule has 1 aliphatic carbocycles. The summed E-state index contributed by atoms with van der Waals surface area (Å²) in [5.74, 6) is 0. The topological polar surface area (TPSA) is 46.9 Å². The molecule has 0 fully saturated rings. The maximum absolute atomic E-state index is 12.5. The van der Waals surface area contributed by atoms with E-state index in [1.807, 2.05) is 53.4 Å². The van der Waals surface area contributed by atoms with Crippen molar-refractivity contribution in [3.05, 3.63) is 76.5 Å². The Morgan fingerprint density at radius 3 is 2.92 bits per heavy atom. The lowest BCUT2D eigenvalue weighted by molar-refractivity contribution is 0.446. The van der Waals surface area contributed by atoms with Crippen LogP contribution in [0.3, 0.4) is 0 Å². The lowest BCUT2D eigenvalue weighted by atomic mass is 10.1. The quantitative estimate of drug-likeness (QED) is 0.569. The average molecular weight is 347 g/mol. The fourth-order valence-corrected chi connectivity index (χ4v) is 3.87. The van der Waals surface area contributed by atoms with Crippen molar-refractivity contribution in [2.45, 2.75) is 44.7 Å². The second kappa shape index (κ2) is 7.83. The smallest absolute Gasteiger partial charge is 0.258 e. The molecule has 1 aromatic carbocycles. The molecular weight excluding hydrogens is 322 g/mol. The Bertz CT molecular complexity index is 920. The zero-order valence-corrected chi connectivity index (χ0v) is 15.0. The normalized spacial score (nSPS) is 17.0. The molecule has 1 unspecified atom stereocenters. The van der Waals surface area contributed by atoms with Crippen LogP contribution in [0.1, 0.15) is 30.5 Å². The summed E-state index contributed by atoms with van der Waals surface area (Å²) in [6.07, 6.45) is 9.23. The molecular formula is C22H25N3O. The molecule has 0 bridgehead atoms. The molecule has 0 amide bonds. The summed E-state index contributed by atoms with van der Waals surface area (Å²) in [5.41, 5.74) is 2.78. The Kier molecular flexibility index (Phi) is 5.12. The minimum absolute atomic E-state index is 0.110. The molecule has 134 valence electrons. The Hall–Kier alpha value is -2.46. The van der Waals surface area contributed by atoms with E-state index < -0.39 is 0 Å². The van der Waals surface area contributed by atoms with Crippen molar-refractivity contribution in [2.24, 2.45) is 0 Å². The number of aryl methyl sites for hydroxylation is 3. The monoisotopic (exact) mass is 347 g/mol. The Morgan fingerprint density at radius 2 is 1.96 bits per heavy atom. The summed E-state index contributed by atoms with van der Waals surface area (Å²) in [6.45, 7) is 1.69. The second-order valence-electron chi connectivity index (χ2n) is 7.09. The average Bonchev–Trinajstić information content (AvgIpc) is 2.89. The zero-order chi connectivity index (χ0) is 17.8. The van der Waals surface area contributed by atoms with Crippen LogP contribution in [0.2, 0.25) is 0 Å². The van der Waals surface area contributed by atoms with E-state index in [9.17, 15) is 4.79 Å². The first-order valence-electron chi connectivity index (χ1n) is 9.55. The predicted molar refractivity (Wildman–Crippen MR) is 105 cm³/mol. The Labute approximate surface area is 153 Å². The number of hydrogen-bond donors (Lipinski definition) is 1. The third kappa shape index (κ3) is 3.70. The van der Waals surface area contributed by atoms with Gasteiger partial charge in [0, 0.05) is 36.1 Å². The van der Waals surface area contributed by atoms with Crippen LogP contribution < -0.4 is 10.9 Å². The molecule has 1 N–H and O–H groups in total. The van der Waals surface area contributed by atoms with Gasteiger partial charge >= 0.3 is 0 Å². The molecule has 4 nitrogen and oxygen atoms in total. The van der Waals surface area contributed by atoms with Crippen LogP contribution in [0.15, 0.2) is 59.7 Å². The lowest BCUT2D eigenvalue weighted by Gasteiger charge is -2.16. The molecule has 4 rings (SSSR count). The van der Waals surface area contributed by atoms with Gasteiger partial charge in [-0.05, 0) is 67.8 Å². The largest absolute Gasteiger partial charge is 0.315 e. The number of aromatic nitrogens is 2. The van der Waals surface area contributed by atoms with E-state index in [0.717, 1.165) is 56.0 Å². The summed E-state index contributed by atoms with van der Waals surface area (Å²) in [6, 6.07) is 14.6. The number of fused-ring (bicyclic) bond motifs is 2. The van der Waals surface area contributed by atoms with E-state index >= 15 is 0 Å². The highest BCUT2D eigenvalue weighted by atomic mass is 16.1. The van der Waals surface area contributed by atoms with Gasteiger partial charge < -0.3 is 9.88 Å². The van der Waals surface area contributed by atoms with Crippen LogP contribution in [0.4, 0.5) is 0 Å². The van der Waals surface area contributed by atoms with Crippen LogP contribution in [0.5, 0.6) is 0 Å². The van der Waals surface area contributed by atoms with E-state index in [1.54, 1.807) is 0 Å². The first kappa shape index (κ1) is 17.0. The third-order valence-electron chi connectivity index (χ3n) is 5.37. The molecule has 0 aliphatic heterocycles. The Balaban J connectivity index is 1.30. The summed E-state index contributed by atoms with van der Waals surface area (Å²) in [5, 5.41) is 5.50. The maximum Gasteiger partial charge on any atom is 0.258 e. The van der Waals surface area contributed by atoms with Gasteiger partial charge in [-0.3, -0.25) is 9.78 Å². The van der Waals surface area contributed by atoms with E-state index in [-0.39, 0.29) is 5.56 Å². The summed E-state index contributed by atoms with van der Waals surface area (Å²) >= 11 is 0. The van der Waals surface area contributed by atoms with Crippen LogP contribution in [-0.2, 0) is 19.4 Å². The molecule has 0 spiro atoms. The highest BCUT2D eigenvalue weighted by molar-refractivity contribution is 5.81. The van der Waals surface area contributed by atoms with E-state index in [1.165, 1.54) is 11.3 Å². The molecule has 3 aromatic rings. The van der Waals surface area contributed by atoms with Gasteiger partial charge in [-0.15, -0.1) is 0 Å².